The number of carbonyl (C=O) groups excluding carboxylic acids is 2. The summed E-state index contributed by atoms with van der Waals surface area (Å²) in [4.78, 5) is 33.3. The van der Waals surface area contributed by atoms with Crippen molar-refractivity contribution in [3.8, 4) is 0 Å². The molecule has 2 heterocycles. The number of nitrogens with zero attached hydrogens (tertiary/aromatic N) is 3. The van der Waals surface area contributed by atoms with Gasteiger partial charge in [-0.05, 0) is 32.6 Å². The van der Waals surface area contributed by atoms with E-state index in [-0.39, 0.29) is 24.5 Å². The topological polar surface area (TPSA) is 86.3 Å². The number of ether oxygens (including phenoxy) is 1. The lowest BCUT2D eigenvalue weighted by Crippen LogP contribution is -2.55. The number of carbonyl (C=O) groups is 2. The highest BCUT2D eigenvalue weighted by molar-refractivity contribution is 5.85. The zero-order chi connectivity index (χ0) is 19.8. The minimum absolute atomic E-state index is 0.00509. The number of aliphatic imine (C=N–C) groups is 1. The number of rotatable bonds is 5. The van der Waals surface area contributed by atoms with E-state index >= 15 is 0 Å². The quantitative estimate of drug-likeness (QED) is 0.531. The molecule has 8 heteroatoms. The Balaban J connectivity index is 1.47. The molecule has 1 aliphatic carbocycles. The van der Waals surface area contributed by atoms with Gasteiger partial charge in [0.25, 0.3) is 5.91 Å². The minimum Gasteiger partial charge on any atom is -0.368 e. The van der Waals surface area contributed by atoms with E-state index in [9.17, 15) is 9.59 Å². The Morgan fingerprint density at radius 3 is 2.36 bits per heavy atom. The molecule has 3 fully saturated rings. The summed E-state index contributed by atoms with van der Waals surface area (Å²) in [6, 6.07) is 0.311. The minimum atomic E-state index is -0.253. The summed E-state index contributed by atoms with van der Waals surface area (Å²) in [5.41, 5.74) is 0. The number of piperazine rings is 1. The second-order valence-electron chi connectivity index (χ2n) is 7.89. The van der Waals surface area contributed by atoms with Crippen LogP contribution in [-0.2, 0) is 14.3 Å². The van der Waals surface area contributed by atoms with Crippen LogP contribution in [-0.4, -0.2) is 85.6 Å². The molecule has 0 radical (unpaired) electrons. The summed E-state index contributed by atoms with van der Waals surface area (Å²) in [5, 5.41) is 6.39. The van der Waals surface area contributed by atoms with E-state index in [1.54, 1.807) is 0 Å². The van der Waals surface area contributed by atoms with Gasteiger partial charge in [0.15, 0.2) is 5.96 Å². The maximum atomic E-state index is 12.5. The number of amides is 2. The van der Waals surface area contributed by atoms with Crippen LogP contribution < -0.4 is 10.6 Å². The monoisotopic (exact) mass is 393 g/mol. The Kier molecular flexibility index (Phi) is 7.94. The maximum Gasteiger partial charge on any atom is 0.251 e. The van der Waals surface area contributed by atoms with Crippen LogP contribution in [0.2, 0.25) is 0 Å². The Bertz CT molecular complexity index is 548. The summed E-state index contributed by atoms with van der Waals surface area (Å²) in [7, 11) is 0. The zero-order valence-electron chi connectivity index (χ0n) is 17.1. The number of guanidine groups is 1. The fourth-order valence-corrected chi connectivity index (χ4v) is 4.21. The summed E-state index contributed by atoms with van der Waals surface area (Å²) in [6.45, 7) is 6.37. The van der Waals surface area contributed by atoms with Gasteiger partial charge in [0.05, 0.1) is 0 Å². The van der Waals surface area contributed by atoms with Crippen LogP contribution in [0.1, 0.15) is 51.9 Å². The smallest absolute Gasteiger partial charge is 0.251 e. The van der Waals surface area contributed by atoms with E-state index in [4.69, 9.17) is 4.74 Å². The standard InChI is InChI=1S/C20H35N5O3/c1-2-21-20(22-15-18(26)23-16-7-4-3-5-8-16)25-12-10-24(11-13-25)19(27)17-9-6-14-28-17/h16-17H,2-15H2,1H3,(H,21,22)(H,23,26). The van der Waals surface area contributed by atoms with Gasteiger partial charge in [0, 0.05) is 45.4 Å². The van der Waals surface area contributed by atoms with Crippen molar-refractivity contribution in [3.05, 3.63) is 0 Å². The van der Waals surface area contributed by atoms with E-state index < -0.39 is 0 Å². The third kappa shape index (κ3) is 5.83. The SMILES string of the molecule is CCNC(=NCC(=O)NC1CCCCC1)N1CCN(C(=O)C2CCCO2)CC1. The maximum absolute atomic E-state index is 12.5. The third-order valence-electron chi connectivity index (χ3n) is 5.77. The zero-order valence-corrected chi connectivity index (χ0v) is 17.1. The molecule has 3 rings (SSSR count). The normalized spacial score (nSPS) is 24.3. The molecule has 8 nitrogen and oxygen atoms in total. The lowest BCUT2D eigenvalue weighted by atomic mass is 9.95. The molecule has 0 aromatic rings. The molecule has 0 bridgehead atoms. The highest BCUT2D eigenvalue weighted by atomic mass is 16.5. The van der Waals surface area contributed by atoms with Gasteiger partial charge >= 0.3 is 0 Å². The van der Waals surface area contributed by atoms with Crippen molar-refractivity contribution < 1.29 is 14.3 Å². The fraction of sp³-hybridized carbons (Fsp3) is 0.850. The van der Waals surface area contributed by atoms with Gasteiger partial charge in [0.2, 0.25) is 5.91 Å². The third-order valence-corrected chi connectivity index (χ3v) is 5.77. The lowest BCUT2D eigenvalue weighted by molar-refractivity contribution is -0.142. The molecule has 1 unspecified atom stereocenters. The van der Waals surface area contributed by atoms with Gasteiger partial charge in [-0.25, -0.2) is 4.99 Å². The molecule has 0 spiro atoms. The summed E-state index contributed by atoms with van der Waals surface area (Å²) < 4.78 is 5.52. The van der Waals surface area contributed by atoms with Gasteiger partial charge < -0.3 is 25.2 Å². The second-order valence-corrected chi connectivity index (χ2v) is 7.89. The molecular formula is C20H35N5O3. The van der Waals surface area contributed by atoms with E-state index in [1.165, 1.54) is 19.3 Å². The lowest BCUT2D eigenvalue weighted by Gasteiger charge is -2.37. The largest absolute Gasteiger partial charge is 0.368 e. The van der Waals surface area contributed by atoms with Gasteiger partial charge in [-0.3, -0.25) is 9.59 Å². The summed E-state index contributed by atoms with van der Waals surface area (Å²) in [5.74, 6) is 0.867. The van der Waals surface area contributed by atoms with Crippen LogP contribution in [0, 0.1) is 0 Å². The van der Waals surface area contributed by atoms with Crippen molar-refractivity contribution in [1.29, 1.82) is 0 Å². The Hall–Kier alpha value is -1.83. The predicted octanol–water partition coefficient (Wildman–Crippen LogP) is 0.724. The van der Waals surface area contributed by atoms with Crippen LogP contribution in [0.3, 0.4) is 0 Å². The molecule has 2 N–H and O–H groups in total. The summed E-state index contributed by atoms with van der Waals surface area (Å²) in [6.07, 6.45) is 7.38. The molecule has 0 aromatic carbocycles. The Labute approximate surface area is 168 Å². The molecule has 28 heavy (non-hydrogen) atoms. The van der Waals surface area contributed by atoms with Crippen LogP contribution in [0.4, 0.5) is 0 Å². The molecular weight excluding hydrogens is 358 g/mol. The van der Waals surface area contributed by atoms with Crippen molar-refractivity contribution in [2.75, 3.05) is 45.9 Å². The highest BCUT2D eigenvalue weighted by Gasteiger charge is 2.31. The fourth-order valence-electron chi connectivity index (χ4n) is 4.21. The second kappa shape index (κ2) is 10.6. The van der Waals surface area contributed by atoms with E-state index in [0.29, 0.717) is 38.8 Å². The van der Waals surface area contributed by atoms with Crippen LogP contribution in [0.15, 0.2) is 4.99 Å². The molecule has 1 atom stereocenters. The van der Waals surface area contributed by atoms with E-state index in [1.807, 2.05) is 11.8 Å². The number of hydrogen-bond donors (Lipinski definition) is 2. The van der Waals surface area contributed by atoms with Gasteiger partial charge in [-0.15, -0.1) is 0 Å². The van der Waals surface area contributed by atoms with Gasteiger partial charge in [0.1, 0.15) is 12.6 Å². The van der Waals surface area contributed by atoms with Gasteiger partial charge in [-0.2, -0.15) is 0 Å². The molecule has 1 saturated carbocycles. The van der Waals surface area contributed by atoms with Crippen molar-refractivity contribution in [1.82, 2.24) is 20.4 Å². The molecule has 3 aliphatic rings. The van der Waals surface area contributed by atoms with Crippen LogP contribution >= 0.6 is 0 Å². The molecule has 2 aliphatic heterocycles. The first-order valence-corrected chi connectivity index (χ1v) is 10.9. The Morgan fingerprint density at radius 1 is 1.00 bits per heavy atom. The average molecular weight is 394 g/mol. The number of hydrogen-bond acceptors (Lipinski definition) is 4. The average Bonchev–Trinajstić information content (AvgIpc) is 3.26. The van der Waals surface area contributed by atoms with Crippen LogP contribution in [0.5, 0.6) is 0 Å². The first-order valence-electron chi connectivity index (χ1n) is 10.9. The van der Waals surface area contributed by atoms with Crippen molar-refractivity contribution in [2.24, 2.45) is 4.99 Å². The highest BCUT2D eigenvalue weighted by Crippen LogP contribution is 2.17. The number of nitrogens with one attached hydrogen (secondary N) is 2. The first-order chi connectivity index (χ1) is 13.7. The Morgan fingerprint density at radius 2 is 1.71 bits per heavy atom. The predicted molar refractivity (Wildman–Crippen MR) is 108 cm³/mol. The first kappa shape index (κ1) is 20.9. The van der Waals surface area contributed by atoms with E-state index in [0.717, 1.165) is 38.2 Å². The summed E-state index contributed by atoms with van der Waals surface area (Å²) >= 11 is 0. The molecule has 0 aromatic heterocycles. The molecule has 2 saturated heterocycles. The molecule has 158 valence electrons. The van der Waals surface area contributed by atoms with Crippen molar-refractivity contribution >= 4 is 17.8 Å². The van der Waals surface area contributed by atoms with Crippen molar-refractivity contribution in [3.63, 3.8) is 0 Å². The van der Waals surface area contributed by atoms with Crippen LogP contribution in [0.25, 0.3) is 0 Å². The van der Waals surface area contributed by atoms with Gasteiger partial charge in [-0.1, -0.05) is 19.3 Å². The van der Waals surface area contributed by atoms with Crippen molar-refractivity contribution in [2.45, 2.75) is 64.0 Å². The van der Waals surface area contributed by atoms with E-state index in [2.05, 4.69) is 20.5 Å². The molecule has 2 amide bonds.